The van der Waals surface area contributed by atoms with Gasteiger partial charge >= 0.3 is 0 Å². The van der Waals surface area contributed by atoms with E-state index in [1.807, 2.05) is 6.07 Å². The molecule has 6 nitrogen and oxygen atoms in total. The van der Waals surface area contributed by atoms with Crippen LogP contribution in [0, 0.1) is 25.2 Å². The highest BCUT2D eigenvalue weighted by molar-refractivity contribution is 9.10. The summed E-state index contributed by atoms with van der Waals surface area (Å²) in [5, 5.41) is 13.3. The summed E-state index contributed by atoms with van der Waals surface area (Å²) in [5.74, 6) is 1.18. The van der Waals surface area contributed by atoms with Crippen LogP contribution in [0.3, 0.4) is 0 Å². The SMILES string of the molecule is COc1cc(OC)c(C=Nn2c(C)cc(C)c(C#N)c2=O)cc1Br. The number of pyridine rings is 1. The Balaban J connectivity index is 2.56. The van der Waals surface area contributed by atoms with E-state index in [1.54, 1.807) is 39.2 Å². The van der Waals surface area contributed by atoms with E-state index in [2.05, 4.69) is 21.0 Å². The zero-order valence-corrected chi connectivity index (χ0v) is 15.3. The minimum Gasteiger partial charge on any atom is -0.496 e. The Labute approximate surface area is 148 Å². The Morgan fingerprint density at radius 2 is 1.88 bits per heavy atom. The Hall–Kier alpha value is -2.59. The van der Waals surface area contributed by atoms with Crippen molar-refractivity contribution in [3.05, 3.63) is 55.4 Å². The van der Waals surface area contributed by atoms with Gasteiger partial charge in [-0.15, -0.1) is 0 Å². The molecule has 0 radical (unpaired) electrons. The van der Waals surface area contributed by atoms with Gasteiger partial charge in [-0.3, -0.25) is 4.79 Å². The average molecular weight is 390 g/mol. The van der Waals surface area contributed by atoms with Crippen LogP contribution in [0.1, 0.15) is 22.4 Å². The van der Waals surface area contributed by atoms with Crippen molar-refractivity contribution < 1.29 is 9.47 Å². The predicted octanol–water partition coefficient (Wildman–Crippen LogP) is 3.00. The van der Waals surface area contributed by atoms with Gasteiger partial charge in [-0.05, 0) is 47.5 Å². The maximum atomic E-state index is 12.4. The summed E-state index contributed by atoms with van der Waals surface area (Å²) in [7, 11) is 3.10. The van der Waals surface area contributed by atoms with Crippen LogP contribution in [0.4, 0.5) is 0 Å². The molecule has 0 saturated heterocycles. The largest absolute Gasteiger partial charge is 0.496 e. The first-order chi connectivity index (χ1) is 11.4. The molecule has 0 atom stereocenters. The Morgan fingerprint density at radius 1 is 1.21 bits per heavy atom. The van der Waals surface area contributed by atoms with Gasteiger partial charge in [0, 0.05) is 17.3 Å². The second kappa shape index (κ2) is 7.32. The summed E-state index contributed by atoms with van der Waals surface area (Å²) in [4.78, 5) is 12.4. The van der Waals surface area contributed by atoms with Crippen molar-refractivity contribution in [1.82, 2.24) is 4.68 Å². The first-order valence-electron chi connectivity index (χ1n) is 7.02. The summed E-state index contributed by atoms with van der Waals surface area (Å²) in [6.07, 6.45) is 1.51. The number of ether oxygens (including phenoxy) is 2. The number of aryl methyl sites for hydroxylation is 2. The van der Waals surface area contributed by atoms with Crippen LogP contribution < -0.4 is 15.0 Å². The maximum Gasteiger partial charge on any atom is 0.289 e. The average Bonchev–Trinajstić information content (AvgIpc) is 2.54. The first kappa shape index (κ1) is 17.8. The number of nitrogens with zero attached hydrogens (tertiary/aromatic N) is 3. The fraction of sp³-hybridized carbons (Fsp3) is 0.235. The van der Waals surface area contributed by atoms with Gasteiger partial charge in [0.15, 0.2) is 0 Å². The van der Waals surface area contributed by atoms with Crippen LogP contribution >= 0.6 is 15.9 Å². The normalized spacial score (nSPS) is 10.7. The second-order valence-corrected chi connectivity index (χ2v) is 5.90. The van der Waals surface area contributed by atoms with Crippen molar-refractivity contribution in [2.45, 2.75) is 13.8 Å². The van der Waals surface area contributed by atoms with Gasteiger partial charge in [0.25, 0.3) is 5.56 Å². The molecule has 7 heteroatoms. The Bertz CT molecular complexity index is 911. The highest BCUT2D eigenvalue weighted by atomic mass is 79.9. The molecule has 0 aliphatic heterocycles. The quantitative estimate of drug-likeness (QED) is 0.753. The van der Waals surface area contributed by atoms with Crippen molar-refractivity contribution in [3.8, 4) is 17.6 Å². The molecule has 0 fully saturated rings. The van der Waals surface area contributed by atoms with Crippen LogP contribution in [-0.2, 0) is 0 Å². The first-order valence-corrected chi connectivity index (χ1v) is 7.81. The molecule has 0 aliphatic carbocycles. The lowest BCUT2D eigenvalue weighted by atomic mass is 10.1. The van der Waals surface area contributed by atoms with Gasteiger partial charge in [0.05, 0.1) is 24.9 Å². The van der Waals surface area contributed by atoms with Crippen molar-refractivity contribution in [1.29, 1.82) is 5.26 Å². The number of aromatic nitrogens is 1. The molecule has 2 rings (SSSR count). The van der Waals surface area contributed by atoms with Crippen LogP contribution in [0.15, 0.2) is 32.6 Å². The van der Waals surface area contributed by atoms with Gasteiger partial charge in [0.2, 0.25) is 0 Å². The van der Waals surface area contributed by atoms with Gasteiger partial charge < -0.3 is 9.47 Å². The number of halogens is 1. The minimum atomic E-state index is -0.446. The zero-order chi connectivity index (χ0) is 17.9. The van der Waals surface area contributed by atoms with Crippen molar-refractivity contribution in [3.63, 3.8) is 0 Å². The summed E-state index contributed by atoms with van der Waals surface area (Å²) in [5.41, 5.74) is 1.57. The Kier molecular flexibility index (Phi) is 5.42. The third-order valence-electron chi connectivity index (χ3n) is 3.49. The highest BCUT2D eigenvalue weighted by Gasteiger charge is 2.11. The van der Waals surface area contributed by atoms with E-state index >= 15 is 0 Å². The lowest BCUT2D eigenvalue weighted by Gasteiger charge is -2.10. The van der Waals surface area contributed by atoms with E-state index in [9.17, 15) is 4.79 Å². The summed E-state index contributed by atoms with van der Waals surface area (Å²) >= 11 is 3.40. The van der Waals surface area contributed by atoms with E-state index < -0.39 is 5.56 Å². The monoisotopic (exact) mass is 389 g/mol. The molecule has 0 saturated carbocycles. The molecule has 1 heterocycles. The molecule has 0 aliphatic rings. The fourth-order valence-electron chi connectivity index (χ4n) is 2.27. The van der Waals surface area contributed by atoms with Crippen LogP contribution in [0.25, 0.3) is 0 Å². The van der Waals surface area contributed by atoms with E-state index in [0.717, 1.165) is 4.47 Å². The smallest absolute Gasteiger partial charge is 0.289 e. The lowest BCUT2D eigenvalue weighted by molar-refractivity contribution is 0.392. The lowest BCUT2D eigenvalue weighted by Crippen LogP contribution is -2.22. The van der Waals surface area contributed by atoms with E-state index in [0.29, 0.717) is 28.3 Å². The minimum absolute atomic E-state index is 0.0839. The molecule has 0 spiro atoms. The van der Waals surface area contributed by atoms with Crippen LogP contribution in [-0.4, -0.2) is 25.1 Å². The zero-order valence-electron chi connectivity index (χ0n) is 13.8. The maximum absolute atomic E-state index is 12.4. The topological polar surface area (TPSA) is 76.6 Å². The Morgan fingerprint density at radius 3 is 2.46 bits per heavy atom. The molecular weight excluding hydrogens is 374 g/mol. The molecule has 1 aromatic carbocycles. The molecule has 0 N–H and O–H groups in total. The standard InChI is InChI=1S/C17H16BrN3O3/c1-10-5-11(2)21(17(22)13(10)8-19)20-9-12-6-14(18)16(24-4)7-15(12)23-3/h5-7,9H,1-4H3. The second-order valence-electron chi connectivity index (χ2n) is 5.05. The van der Waals surface area contributed by atoms with Gasteiger partial charge in [-0.25, -0.2) is 4.68 Å². The third kappa shape index (κ3) is 3.34. The van der Waals surface area contributed by atoms with E-state index in [4.69, 9.17) is 14.7 Å². The number of methoxy groups -OCH3 is 2. The molecule has 0 bridgehead atoms. The van der Waals surface area contributed by atoms with Crippen molar-refractivity contribution in [2.75, 3.05) is 14.2 Å². The van der Waals surface area contributed by atoms with Crippen molar-refractivity contribution >= 4 is 22.1 Å². The van der Waals surface area contributed by atoms with Crippen molar-refractivity contribution in [2.24, 2.45) is 5.10 Å². The van der Waals surface area contributed by atoms with E-state index in [1.165, 1.54) is 18.0 Å². The fourth-order valence-corrected chi connectivity index (χ4v) is 2.79. The number of hydrogen-bond donors (Lipinski definition) is 0. The highest BCUT2D eigenvalue weighted by Crippen LogP contribution is 2.31. The molecule has 24 heavy (non-hydrogen) atoms. The molecule has 0 unspecified atom stereocenters. The summed E-state index contributed by atoms with van der Waals surface area (Å²) < 4.78 is 12.5. The van der Waals surface area contributed by atoms with Crippen LogP contribution in [0.2, 0.25) is 0 Å². The van der Waals surface area contributed by atoms with Gasteiger partial charge in [0.1, 0.15) is 23.1 Å². The number of rotatable bonds is 4. The number of hydrogen-bond acceptors (Lipinski definition) is 5. The van der Waals surface area contributed by atoms with E-state index in [-0.39, 0.29) is 5.56 Å². The molecule has 0 amide bonds. The number of benzene rings is 1. The predicted molar refractivity (Wildman–Crippen MR) is 95.1 cm³/mol. The van der Waals surface area contributed by atoms with Crippen LogP contribution in [0.5, 0.6) is 11.5 Å². The number of nitriles is 1. The molecule has 124 valence electrons. The van der Waals surface area contributed by atoms with Gasteiger partial charge in [-0.1, -0.05) is 0 Å². The summed E-state index contributed by atoms with van der Waals surface area (Å²) in [6, 6.07) is 7.17. The molecule has 2 aromatic rings. The third-order valence-corrected chi connectivity index (χ3v) is 4.11. The van der Waals surface area contributed by atoms with Gasteiger partial charge in [-0.2, -0.15) is 10.4 Å². The molecule has 1 aromatic heterocycles. The summed E-state index contributed by atoms with van der Waals surface area (Å²) in [6.45, 7) is 3.48. The molecular formula is C17H16BrN3O3.